The van der Waals surface area contributed by atoms with Gasteiger partial charge in [0.2, 0.25) is 0 Å². The lowest BCUT2D eigenvalue weighted by Crippen LogP contribution is -2.14. The van der Waals surface area contributed by atoms with E-state index in [1.165, 1.54) is 0 Å². The summed E-state index contributed by atoms with van der Waals surface area (Å²) in [7, 11) is 6.52. The van der Waals surface area contributed by atoms with Gasteiger partial charge in [-0.25, -0.2) is 19.9 Å². The van der Waals surface area contributed by atoms with Gasteiger partial charge in [0, 0.05) is 108 Å². The lowest BCUT2D eigenvalue weighted by Gasteiger charge is -2.07. The number of aromatic nitrogens is 19. The van der Waals surface area contributed by atoms with Crippen molar-refractivity contribution in [3.05, 3.63) is 291 Å². The van der Waals surface area contributed by atoms with E-state index in [0.29, 0.717) is 208 Å². The fraction of sp³-hybridized carbons (Fsp3) is 0.226. The number of carbonyl (C=O) groups excluding carboxylic acids is 4. The minimum absolute atomic E-state index is 0.265. The van der Waals surface area contributed by atoms with Crippen molar-refractivity contribution in [2.45, 2.75) is 33.1 Å². The first kappa shape index (κ1) is 92.2. The highest BCUT2D eigenvalue weighted by Gasteiger charge is 2.24. The van der Waals surface area contributed by atoms with Crippen LogP contribution in [0.1, 0.15) is 47.5 Å². The molecule has 16 aromatic rings. The monoisotopic (exact) mass is 1760 g/mol. The number of amides is 4. The van der Waals surface area contributed by atoms with Gasteiger partial charge in [-0.2, -0.15) is 25.5 Å². The summed E-state index contributed by atoms with van der Waals surface area (Å²) in [6.07, 6.45) is 23.7. The maximum absolute atomic E-state index is 13.1. The summed E-state index contributed by atoms with van der Waals surface area (Å²) in [6.45, 7) is 10.1. The van der Waals surface area contributed by atoms with E-state index >= 15 is 0 Å². The first-order valence-electron chi connectivity index (χ1n) is 41.2. The highest BCUT2D eigenvalue weighted by atomic mass is 16.5. The molecule has 37 heteroatoms. The third kappa shape index (κ3) is 27.0. The Labute approximate surface area is 747 Å². The molecule has 0 aromatic carbocycles. The molecule has 16 heterocycles. The maximum atomic E-state index is 13.1. The van der Waals surface area contributed by atoms with Crippen LogP contribution in [0.15, 0.2) is 272 Å². The first-order chi connectivity index (χ1) is 63.9. The summed E-state index contributed by atoms with van der Waals surface area (Å²) in [4.78, 5) is 91.6. The molecular formula is C93H95N23O14. The number of aryl methyl sites for hydroxylation is 1. The molecule has 0 saturated carbocycles. The van der Waals surface area contributed by atoms with E-state index in [1.54, 1.807) is 213 Å². The average Bonchev–Trinajstić information content (AvgIpc) is 1.68. The molecule has 0 bridgehead atoms. The number of carbonyl (C=O) groups is 4. The quantitative estimate of drug-likeness (QED) is 0.0223. The molecule has 0 atom stereocenters. The lowest BCUT2D eigenvalue weighted by atomic mass is 10.1. The van der Waals surface area contributed by atoms with Crippen LogP contribution >= 0.6 is 0 Å². The van der Waals surface area contributed by atoms with Crippen LogP contribution in [0.4, 0.5) is 22.7 Å². The number of ether oxygens (including phenoxy) is 8. The van der Waals surface area contributed by atoms with E-state index in [-0.39, 0.29) is 40.7 Å². The van der Waals surface area contributed by atoms with Crippen molar-refractivity contribution in [2.24, 2.45) is 0 Å². The number of methoxy groups -OCH3 is 4. The normalized spacial score (nSPS) is 10.9. The number of hydrogen-bond donors (Lipinski definition) is 5. The molecule has 16 rings (SSSR count). The number of nitrogens with one attached hydrogen (secondary N) is 5. The molecule has 0 unspecified atom stereocenters. The van der Waals surface area contributed by atoms with Crippen LogP contribution in [0.3, 0.4) is 0 Å². The van der Waals surface area contributed by atoms with E-state index in [1.807, 2.05) is 104 Å². The van der Waals surface area contributed by atoms with Crippen molar-refractivity contribution in [1.29, 1.82) is 0 Å². The van der Waals surface area contributed by atoms with Crippen LogP contribution in [-0.2, 0) is 64.1 Å². The zero-order valence-electron chi connectivity index (χ0n) is 71.9. The Kier molecular flexibility index (Phi) is 34.6. The molecule has 16 aromatic heterocycles. The number of pyridine rings is 9. The van der Waals surface area contributed by atoms with Gasteiger partial charge in [-0.1, -0.05) is 48.5 Å². The molecule has 0 aliphatic heterocycles. The second-order valence-electron chi connectivity index (χ2n) is 28.1. The van der Waals surface area contributed by atoms with E-state index in [9.17, 15) is 19.2 Å². The van der Waals surface area contributed by atoms with Crippen molar-refractivity contribution >= 4 is 46.4 Å². The van der Waals surface area contributed by atoms with Crippen LogP contribution in [0, 0.1) is 6.92 Å². The largest absolute Gasteiger partial charge is 0.472 e. The summed E-state index contributed by atoms with van der Waals surface area (Å²) in [5.74, 6) is -0.792. The molecule has 4 amide bonds. The first-order valence-corrected chi connectivity index (χ1v) is 41.2. The molecule has 37 nitrogen and oxygen atoms in total. The van der Waals surface area contributed by atoms with Crippen molar-refractivity contribution in [2.75, 3.05) is 129 Å². The fourth-order valence-electron chi connectivity index (χ4n) is 12.4. The highest BCUT2D eigenvalue weighted by molar-refractivity contribution is 6.07. The van der Waals surface area contributed by atoms with Crippen molar-refractivity contribution in [3.8, 4) is 90.9 Å². The lowest BCUT2D eigenvalue weighted by molar-refractivity contribution is 0.0654. The van der Waals surface area contributed by atoms with Crippen LogP contribution in [0.5, 0.6) is 0 Å². The zero-order valence-corrected chi connectivity index (χ0v) is 71.9. The summed E-state index contributed by atoms with van der Waals surface area (Å²) in [5, 5.41) is 36.9. The Morgan fingerprint density at radius 2 is 0.715 bits per heavy atom. The minimum atomic E-state index is -0.355. The Morgan fingerprint density at radius 1 is 0.354 bits per heavy atom. The average molecular weight is 1760 g/mol. The molecule has 0 saturated heterocycles. The second kappa shape index (κ2) is 48.9. The minimum Gasteiger partial charge on any atom is -0.472 e. The molecule has 0 fully saturated rings. The van der Waals surface area contributed by atoms with Crippen LogP contribution < -0.4 is 21.3 Å². The SMILES string of the molecule is COCCOCCn1cc(NC(=O)c2cccc(-c3ccco3)n2)c(-c2ccccn2)n1.COCCOCCn1cc(NC(=O)c2cccc(-c3ccn[nH]3)n2)c(-c2ccccn2)n1.COCCOCCn1cc(NC(=O)c2cccc(-c3ccoc3)n2)c(-c2ccccn2)n1.COCCOCCn1cc(NC(=O)c2cccc(-c3cncc(C)c3)n2)c(-c2ccccn2)n1. The molecule has 0 radical (unpaired) electrons. The van der Waals surface area contributed by atoms with E-state index in [2.05, 4.69) is 96.7 Å². The summed E-state index contributed by atoms with van der Waals surface area (Å²) in [6, 6.07) is 52.4. The third-order valence-electron chi connectivity index (χ3n) is 18.7. The molecule has 0 aliphatic rings. The predicted octanol–water partition coefficient (Wildman–Crippen LogP) is 13.3. The highest BCUT2D eigenvalue weighted by Crippen LogP contribution is 2.31. The van der Waals surface area contributed by atoms with E-state index < -0.39 is 0 Å². The maximum Gasteiger partial charge on any atom is 0.274 e. The number of H-pyrrole nitrogens is 1. The third-order valence-corrected chi connectivity index (χ3v) is 18.7. The smallest absolute Gasteiger partial charge is 0.274 e. The van der Waals surface area contributed by atoms with Gasteiger partial charge >= 0.3 is 0 Å². The zero-order chi connectivity index (χ0) is 90.3. The Hall–Kier alpha value is -15.5. The summed E-state index contributed by atoms with van der Waals surface area (Å²) in [5.41, 5.74) is 14.1. The predicted molar refractivity (Wildman–Crippen MR) is 482 cm³/mol. The van der Waals surface area contributed by atoms with Gasteiger partial charge in [0.25, 0.3) is 23.6 Å². The summed E-state index contributed by atoms with van der Waals surface area (Å²) >= 11 is 0. The van der Waals surface area contributed by atoms with Gasteiger partial charge in [-0.3, -0.25) is 67.9 Å². The second-order valence-corrected chi connectivity index (χ2v) is 28.1. The van der Waals surface area contributed by atoms with Crippen LogP contribution in [0.25, 0.3) is 90.9 Å². The number of anilines is 4. The Bertz CT molecular complexity index is 5730. The van der Waals surface area contributed by atoms with Gasteiger partial charge < -0.3 is 68.0 Å². The van der Waals surface area contributed by atoms with Crippen molar-refractivity contribution in [1.82, 2.24) is 94.2 Å². The molecule has 666 valence electrons. The standard InChI is InChI=1S/C25H26N6O3.2C23H23N5O4.C22H23N7O3/c1-18-14-19(16-26-15-18)20-7-5-8-22(28-20)25(32)29-23-17-31(10-11-34-13-12-33-2)30-24(23)21-6-3-4-9-27-21;1-30-14-15-31-13-11-28-16-20(22(27-28)18-6-2-3-10-24-18)26-23(29)19-8-4-7-17(25-19)21-9-5-12-32-21;1-30-13-14-31-12-10-28-15-21(22(27-28)19-5-2-3-9-24-19)26-23(29)20-7-4-6-18(25-20)17-8-11-32-16-17;1-31-13-14-32-12-11-29-15-20(21(28-29)18-5-2-3-9-23-18)26-22(30)19-7-4-6-16(25-19)17-8-10-24-27-17/h3-9,14-17H,10-13H2,1-2H3,(H,29,32);2-10,12,16H,11,13-15H2,1H3,(H,26,29);2-9,11,15-16H,10,12-14H2,1H3,(H,26,29);2-10,15H,11-14H2,1H3,(H,24,27)(H,26,30). The Morgan fingerprint density at radius 3 is 1.05 bits per heavy atom. The molecule has 5 N–H and O–H groups in total. The van der Waals surface area contributed by atoms with Crippen LogP contribution in [-0.4, -0.2) is 226 Å². The van der Waals surface area contributed by atoms with Crippen molar-refractivity contribution < 1.29 is 65.9 Å². The van der Waals surface area contributed by atoms with Gasteiger partial charge in [0.05, 0.1) is 193 Å². The van der Waals surface area contributed by atoms with Gasteiger partial charge in [-0.05, 0) is 140 Å². The molecular weight excluding hydrogens is 1660 g/mol. The molecule has 0 spiro atoms. The van der Waals surface area contributed by atoms with E-state index in [0.717, 1.165) is 22.4 Å². The summed E-state index contributed by atoms with van der Waals surface area (Å²) < 4.78 is 59.4. The number of nitrogens with zero attached hydrogens (tertiary/aromatic N) is 18. The van der Waals surface area contributed by atoms with Gasteiger partial charge in [-0.15, -0.1) is 0 Å². The number of rotatable bonds is 40. The number of furan rings is 2. The molecule has 130 heavy (non-hydrogen) atoms. The molecule has 0 aliphatic carbocycles. The number of aromatic amines is 1. The topological polar surface area (TPSA) is 432 Å². The number of hydrogen-bond acceptors (Lipinski definition) is 28. The fourth-order valence-corrected chi connectivity index (χ4v) is 12.4. The Balaban J connectivity index is 0.000000148. The van der Waals surface area contributed by atoms with Gasteiger partial charge in [0.1, 0.15) is 51.2 Å². The van der Waals surface area contributed by atoms with Crippen LogP contribution in [0.2, 0.25) is 0 Å². The van der Waals surface area contributed by atoms with Gasteiger partial charge in [0.15, 0.2) is 5.76 Å². The van der Waals surface area contributed by atoms with Crippen molar-refractivity contribution in [3.63, 3.8) is 0 Å². The van der Waals surface area contributed by atoms with E-state index in [4.69, 9.17) is 46.7 Å².